The van der Waals surface area contributed by atoms with Crippen molar-refractivity contribution >= 4 is 29.5 Å². The van der Waals surface area contributed by atoms with Crippen LogP contribution in [-0.2, 0) is 5.54 Å². The van der Waals surface area contributed by atoms with Crippen LogP contribution in [0.25, 0.3) is 12.2 Å². The van der Waals surface area contributed by atoms with Gasteiger partial charge >= 0.3 is 5.97 Å². The third-order valence-corrected chi connectivity index (χ3v) is 6.06. The molecule has 0 aliphatic carbocycles. The van der Waals surface area contributed by atoms with Gasteiger partial charge in [-0.05, 0) is 84.9 Å². The number of hydrogen-bond acceptors (Lipinski definition) is 4. The Morgan fingerprint density at radius 1 is 0.848 bits per heavy atom. The van der Waals surface area contributed by atoms with Crippen LogP contribution in [0.5, 0.6) is 0 Å². The maximum absolute atomic E-state index is 11.3. The van der Waals surface area contributed by atoms with E-state index in [4.69, 9.17) is 9.98 Å². The van der Waals surface area contributed by atoms with Crippen molar-refractivity contribution in [3.63, 3.8) is 0 Å². The van der Waals surface area contributed by atoms with Gasteiger partial charge in [-0.1, -0.05) is 18.2 Å². The number of H-pyrrole nitrogens is 1. The Labute approximate surface area is 189 Å². The van der Waals surface area contributed by atoms with Crippen molar-refractivity contribution in [2.75, 3.05) is 0 Å². The molecule has 0 amide bonds. The quantitative estimate of drug-likeness (QED) is 0.682. The molecule has 1 aromatic carbocycles. The van der Waals surface area contributed by atoms with Crippen LogP contribution in [-0.4, -0.2) is 27.5 Å². The van der Waals surface area contributed by atoms with Crippen molar-refractivity contribution in [3.8, 4) is 0 Å². The molecule has 6 nitrogen and oxygen atoms in total. The number of aliphatic imine (C=N–C) groups is 2. The molecule has 1 unspecified atom stereocenters. The number of carboxylic acids is 1. The molecule has 0 spiro atoms. The fourth-order valence-electron chi connectivity index (χ4n) is 4.44. The summed E-state index contributed by atoms with van der Waals surface area (Å²) in [5.41, 5.74) is 5.13. The number of nitrogens with zero attached hydrogens (tertiary/aromatic N) is 2. The first-order valence-electron chi connectivity index (χ1n) is 10.7. The molecule has 1 aromatic heterocycles. The second-order valence-electron chi connectivity index (χ2n) is 8.38. The fourth-order valence-corrected chi connectivity index (χ4v) is 4.44. The predicted octanol–water partition coefficient (Wildman–Crippen LogP) is 2.85. The summed E-state index contributed by atoms with van der Waals surface area (Å²) in [5.74, 6) is -0.937. The molecular formula is C27H20N4O2. The zero-order chi connectivity index (χ0) is 22.4. The van der Waals surface area contributed by atoms with Crippen LogP contribution in [0.2, 0.25) is 0 Å². The van der Waals surface area contributed by atoms with Gasteiger partial charge in [-0.25, -0.2) is 14.8 Å². The van der Waals surface area contributed by atoms with Gasteiger partial charge in [0.1, 0.15) is 0 Å². The van der Waals surface area contributed by atoms with Crippen LogP contribution in [0.4, 0.5) is 0 Å². The minimum atomic E-state index is -0.937. The summed E-state index contributed by atoms with van der Waals surface area (Å²) in [5, 5.41) is 14.9. The summed E-state index contributed by atoms with van der Waals surface area (Å²) in [6.45, 7) is 0. The summed E-state index contributed by atoms with van der Waals surface area (Å²) in [7, 11) is 0. The monoisotopic (exact) mass is 432 g/mol. The summed E-state index contributed by atoms with van der Waals surface area (Å²) >= 11 is 0. The van der Waals surface area contributed by atoms with Gasteiger partial charge < -0.3 is 15.4 Å². The van der Waals surface area contributed by atoms with Crippen molar-refractivity contribution < 1.29 is 9.90 Å². The standard InChI is InChI=1S/C27H20N4O2/c32-26(33)17-1-3-18(4-2-17)27-12-11-24(31-27)15-23-8-7-20(29-23)13-19-5-6-21(28-19)14-22-9-10-25(16-27)30-22/h1-11,13-16,28,31H,12H2,(H,32,33)/b19-13-,21-14-,23-15-,25-16-. The predicted molar refractivity (Wildman–Crippen MR) is 129 cm³/mol. The molecular weight excluding hydrogens is 412 g/mol. The van der Waals surface area contributed by atoms with E-state index in [0.29, 0.717) is 6.42 Å². The van der Waals surface area contributed by atoms with E-state index in [1.165, 1.54) is 0 Å². The Morgan fingerprint density at radius 2 is 1.52 bits per heavy atom. The molecule has 33 heavy (non-hydrogen) atoms. The average molecular weight is 432 g/mol. The maximum Gasteiger partial charge on any atom is 0.335 e. The summed E-state index contributed by atoms with van der Waals surface area (Å²) in [4.78, 5) is 24.2. The smallest absolute Gasteiger partial charge is 0.335 e. The van der Waals surface area contributed by atoms with Gasteiger partial charge in [0.25, 0.3) is 0 Å². The highest BCUT2D eigenvalue weighted by molar-refractivity contribution is 6.20. The largest absolute Gasteiger partial charge is 0.478 e. The molecule has 2 aromatic rings. The lowest BCUT2D eigenvalue weighted by Gasteiger charge is -2.29. The maximum atomic E-state index is 11.3. The van der Waals surface area contributed by atoms with Crippen molar-refractivity contribution in [1.82, 2.24) is 10.3 Å². The topological polar surface area (TPSA) is 89.8 Å². The van der Waals surface area contributed by atoms with Crippen LogP contribution in [0.15, 0.2) is 106 Å². The lowest BCUT2D eigenvalue weighted by molar-refractivity contribution is 0.0697. The summed E-state index contributed by atoms with van der Waals surface area (Å²) in [6.07, 6.45) is 19.0. The molecule has 0 fully saturated rings. The molecule has 0 saturated heterocycles. The number of rotatable bonds is 2. The number of carbonyl (C=O) groups is 1. The Hall–Kier alpha value is -4.45. The van der Waals surface area contributed by atoms with E-state index in [9.17, 15) is 9.90 Å². The number of hydrogen-bond donors (Lipinski definition) is 3. The molecule has 3 N–H and O–H groups in total. The van der Waals surface area contributed by atoms with E-state index in [0.717, 1.165) is 44.8 Å². The number of fused-ring (bicyclic) bond motifs is 6. The van der Waals surface area contributed by atoms with Gasteiger partial charge in [0, 0.05) is 16.4 Å². The molecule has 0 saturated carbocycles. The third kappa shape index (κ3) is 3.61. The molecule has 4 aliphatic heterocycles. The number of carboxylic acid groups (broad SMARTS) is 1. The van der Waals surface area contributed by atoms with E-state index in [2.05, 4.69) is 22.5 Å². The number of nitrogens with one attached hydrogen (secondary N) is 2. The number of aromatic carboxylic acids is 1. The average Bonchev–Trinajstić information content (AvgIpc) is 3.59. The minimum Gasteiger partial charge on any atom is -0.478 e. The molecule has 160 valence electrons. The molecule has 4 aliphatic rings. The third-order valence-electron chi connectivity index (χ3n) is 6.06. The summed E-state index contributed by atoms with van der Waals surface area (Å²) in [6, 6.07) is 11.1. The van der Waals surface area contributed by atoms with E-state index in [-0.39, 0.29) is 5.56 Å². The highest BCUT2D eigenvalue weighted by Gasteiger charge is 2.34. The second kappa shape index (κ2) is 7.31. The van der Waals surface area contributed by atoms with E-state index < -0.39 is 11.5 Å². The van der Waals surface area contributed by atoms with Gasteiger partial charge in [0.15, 0.2) is 0 Å². The number of aromatic nitrogens is 1. The van der Waals surface area contributed by atoms with E-state index in [1.54, 1.807) is 12.1 Å². The fraction of sp³-hybridized carbons (Fsp3) is 0.0741. The van der Waals surface area contributed by atoms with Gasteiger partial charge in [-0.2, -0.15) is 0 Å². The Bertz CT molecular complexity index is 1520. The molecule has 6 heteroatoms. The second-order valence-corrected chi connectivity index (χ2v) is 8.38. The zero-order valence-corrected chi connectivity index (χ0v) is 17.6. The normalized spacial score (nSPS) is 27.6. The Balaban J connectivity index is 1.50. The van der Waals surface area contributed by atoms with Gasteiger partial charge in [0.05, 0.1) is 33.9 Å². The van der Waals surface area contributed by atoms with Gasteiger partial charge in [0.2, 0.25) is 0 Å². The van der Waals surface area contributed by atoms with Crippen LogP contribution >= 0.6 is 0 Å². The van der Waals surface area contributed by atoms with E-state index >= 15 is 0 Å². The highest BCUT2D eigenvalue weighted by atomic mass is 16.4. The van der Waals surface area contributed by atoms with Crippen molar-refractivity contribution in [3.05, 3.63) is 118 Å². The lowest BCUT2D eigenvalue weighted by Crippen LogP contribution is -2.35. The zero-order valence-electron chi connectivity index (χ0n) is 17.6. The lowest BCUT2D eigenvalue weighted by atomic mass is 9.87. The number of aromatic amines is 1. The summed E-state index contributed by atoms with van der Waals surface area (Å²) < 4.78 is 0. The Kier molecular flexibility index (Phi) is 4.26. The highest BCUT2D eigenvalue weighted by Crippen LogP contribution is 2.36. The molecule has 5 heterocycles. The molecule has 8 bridgehead atoms. The van der Waals surface area contributed by atoms with Crippen LogP contribution in [0, 0.1) is 0 Å². The van der Waals surface area contributed by atoms with Crippen molar-refractivity contribution in [2.45, 2.75) is 12.0 Å². The first kappa shape index (κ1) is 19.3. The number of allylic oxidation sites excluding steroid dienone is 5. The first-order valence-corrected chi connectivity index (χ1v) is 10.7. The van der Waals surface area contributed by atoms with Gasteiger partial charge in [-0.3, -0.25) is 0 Å². The van der Waals surface area contributed by atoms with Crippen LogP contribution in [0.3, 0.4) is 0 Å². The first-order chi connectivity index (χ1) is 16.0. The number of benzene rings is 1. The van der Waals surface area contributed by atoms with Crippen molar-refractivity contribution in [1.29, 1.82) is 0 Å². The SMILES string of the molecule is O=C(O)c1ccc(C23/C=C4/C=CC(=N4)/C=c4/cc/c([nH]4)=C/C4=NC(=C\C(=CC2)N3)/C=C4)cc1. The van der Waals surface area contributed by atoms with Gasteiger partial charge in [-0.15, -0.1) is 0 Å². The molecule has 6 rings (SSSR count). The Morgan fingerprint density at radius 3 is 2.21 bits per heavy atom. The van der Waals surface area contributed by atoms with Crippen LogP contribution < -0.4 is 16.0 Å². The minimum absolute atomic E-state index is 0.263. The molecule has 0 radical (unpaired) electrons. The van der Waals surface area contributed by atoms with Crippen molar-refractivity contribution in [2.24, 2.45) is 9.98 Å². The van der Waals surface area contributed by atoms with E-state index in [1.807, 2.05) is 66.8 Å². The van der Waals surface area contributed by atoms with Crippen LogP contribution in [0.1, 0.15) is 22.3 Å². The molecule has 1 atom stereocenters.